The van der Waals surface area contributed by atoms with Crippen molar-refractivity contribution in [1.29, 1.82) is 0 Å². The maximum atomic E-state index is 2.40. The normalized spacial score (nSPS) is 36.4. The van der Waals surface area contributed by atoms with Gasteiger partial charge in [0.05, 0.1) is 0 Å². The Bertz CT molecular complexity index is 278. The largest absolute Gasteiger partial charge is 0.0839 e. The molecule has 0 aliphatic heterocycles. The third-order valence-corrected chi connectivity index (χ3v) is 4.79. The minimum absolute atomic E-state index is 0.932. The monoisotopic (exact) mass is 202 g/mol. The molecule has 0 nitrogen and oxygen atoms in total. The average Bonchev–Trinajstić information content (AvgIpc) is 2.74. The van der Waals surface area contributed by atoms with Crippen LogP contribution in [0.25, 0.3) is 0 Å². The second kappa shape index (κ2) is 4.15. The van der Waals surface area contributed by atoms with E-state index in [0.717, 1.165) is 17.8 Å². The van der Waals surface area contributed by atoms with E-state index >= 15 is 0 Å². The summed E-state index contributed by atoms with van der Waals surface area (Å²) in [7, 11) is 0. The molecule has 0 saturated heterocycles. The van der Waals surface area contributed by atoms with Crippen LogP contribution < -0.4 is 0 Å². The maximum Gasteiger partial charge on any atom is -0.0162 e. The topological polar surface area (TPSA) is 0 Å². The van der Waals surface area contributed by atoms with Crippen molar-refractivity contribution < 1.29 is 0 Å². The third-order valence-electron chi connectivity index (χ3n) is 4.79. The van der Waals surface area contributed by atoms with Gasteiger partial charge in [0.1, 0.15) is 0 Å². The van der Waals surface area contributed by atoms with Crippen LogP contribution in [-0.2, 0) is 0 Å². The summed E-state index contributed by atoms with van der Waals surface area (Å²) < 4.78 is 0. The van der Waals surface area contributed by atoms with Gasteiger partial charge in [-0.05, 0) is 37.0 Å². The molecule has 0 bridgehead atoms. The number of fused-ring (bicyclic) bond motifs is 1. The number of hydrogen-bond donors (Lipinski definition) is 0. The molecule has 2 atom stereocenters. The van der Waals surface area contributed by atoms with Crippen LogP contribution >= 0.6 is 0 Å². The van der Waals surface area contributed by atoms with Gasteiger partial charge in [0.25, 0.3) is 0 Å². The van der Waals surface area contributed by atoms with E-state index in [1.54, 1.807) is 5.57 Å². The van der Waals surface area contributed by atoms with E-state index in [0.29, 0.717) is 0 Å². The van der Waals surface area contributed by atoms with Crippen molar-refractivity contribution in [2.45, 2.75) is 51.4 Å². The summed E-state index contributed by atoms with van der Waals surface area (Å²) in [6.45, 7) is 0. The summed E-state index contributed by atoms with van der Waals surface area (Å²) in [6.07, 6.45) is 18.8. The van der Waals surface area contributed by atoms with Crippen molar-refractivity contribution in [2.75, 3.05) is 0 Å². The van der Waals surface area contributed by atoms with Crippen LogP contribution in [0.5, 0.6) is 0 Å². The lowest BCUT2D eigenvalue weighted by Gasteiger charge is -2.27. The summed E-state index contributed by atoms with van der Waals surface area (Å²) >= 11 is 0. The molecule has 0 spiro atoms. The zero-order valence-corrected chi connectivity index (χ0v) is 9.62. The molecular formula is C15H22. The molecule has 2 saturated carbocycles. The second-order valence-electron chi connectivity index (χ2n) is 5.70. The van der Waals surface area contributed by atoms with Gasteiger partial charge < -0.3 is 0 Å². The van der Waals surface area contributed by atoms with Gasteiger partial charge in [0.2, 0.25) is 0 Å². The Hall–Kier alpha value is -0.520. The Morgan fingerprint density at radius 3 is 2.67 bits per heavy atom. The standard InChI is InChI=1S/C15H22/c1-2-6-12(7-3-1)15-10-13-8-4-5-9-14(13)11-15/h4-5,8,12,14-15H,1-3,6-7,9-11H2. The third kappa shape index (κ3) is 1.91. The predicted octanol–water partition coefficient (Wildman–Crippen LogP) is 4.48. The fraction of sp³-hybridized carbons (Fsp3) is 0.733. The van der Waals surface area contributed by atoms with E-state index in [1.807, 2.05) is 0 Å². The first kappa shape index (κ1) is 9.69. The summed E-state index contributed by atoms with van der Waals surface area (Å²) in [5, 5.41) is 0. The highest BCUT2D eigenvalue weighted by atomic mass is 14.4. The van der Waals surface area contributed by atoms with E-state index in [2.05, 4.69) is 18.2 Å². The van der Waals surface area contributed by atoms with Gasteiger partial charge in [0.15, 0.2) is 0 Å². The van der Waals surface area contributed by atoms with Gasteiger partial charge in [-0.3, -0.25) is 0 Å². The highest BCUT2D eigenvalue weighted by molar-refractivity contribution is 5.24. The van der Waals surface area contributed by atoms with Crippen LogP contribution in [0, 0.1) is 17.8 Å². The van der Waals surface area contributed by atoms with Gasteiger partial charge in [0, 0.05) is 0 Å². The molecule has 3 aliphatic carbocycles. The molecule has 3 rings (SSSR count). The van der Waals surface area contributed by atoms with E-state index in [9.17, 15) is 0 Å². The lowest BCUT2D eigenvalue weighted by Crippen LogP contribution is -2.15. The SMILES string of the molecule is C1=CCC2CC(C3CCCCC3)CC2=C1. The minimum atomic E-state index is 0.932. The lowest BCUT2D eigenvalue weighted by molar-refractivity contribution is 0.247. The van der Waals surface area contributed by atoms with Crippen LogP contribution in [0.1, 0.15) is 51.4 Å². The fourth-order valence-corrected chi connectivity index (χ4v) is 3.92. The fourth-order valence-electron chi connectivity index (χ4n) is 3.92. The van der Waals surface area contributed by atoms with Crippen molar-refractivity contribution in [2.24, 2.45) is 17.8 Å². The molecule has 0 N–H and O–H groups in total. The molecule has 82 valence electrons. The van der Waals surface area contributed by atoms with Crippen molar-refractivity contribution >= 4 is 0 Å². The predicted molar refractivity (Wildman–Crippen MR) is 64.6 cm³/mol. The first-order valence-corrected chi connectivity index (χ1v) is 6.79. The van der Waals surface area contributed by atoms with Crippen LogP contribution in [0.3, 0.4) is 0 Å². The summed E-state index contributed by atoms with van der Waals surface area (Å²) in [5.41, 5.74) is 1.77. The zero-order chi connectivity index (χ0) is 10.1. The van der Waals surface area contributed by atoms with Crippen molar-refractivity contribution in [3.63, 3.8) is 0 Å². The Morgan fingerprint density at radius 1 is 1.00 bits per heavy atom. The summed E-state index contributed by atoms with van der Waals surface area (Å²) in [5.74, 6) is 3.05. The number of allylic oxidation sites excluding steroid dienone is 4. The molecule has 0 aromatic heterocycles. The van der Waals surface area contributed by atoms with Gasteiger partial charge in [-0.15, -0.1) is 0 Å². The molecule has 2 fully saturated rings. The zero-order valence-electron chi connectivity index (χ0n) is 9.62. The molecule has 0 heteroatoms. The molecule has 3 aliphatic rings. The summed E-state index contributed by atoms with van der Waals surface area (Å²) in [6, 6.07) is 0. The Labute approximate surface area is 93.5 Å². The highest BCUT2D eigenvalue weighted by Gasteiger charge is 2.34. The molecule has 2 unspecified atom stereocenters. The van der Waals surface area contributed by atoms with Crippen LogP contribution in [0.4, 0.5) is 0 Å². The van der Waals surface area contributed by atoms with Gasteiger partial charge >= 0.3 is 0 Å². The average molecular weight is 202 g/mol. The Balaban J connectivity index is 1.65. The Morgan fingerprint density at radius 2 is 1.87 bits per heavy atom. The van der Waals surface area contributed by atoms with Crippen LogP contribution in [0.15, 0.2) is 23.8 Å². The lowest BCUT2D eigenvalue weighted by atomic mass is 9.79. The minimum Gasteiger partial charge on any atom is -0.0839 e. The second-order valence-corrected chi connectivity index (χ2v) is 5.70. The molecule has 0 aromatic rings. The van der Waals surface area contributed by atoms with Crippen molar-refractivity contribution in [3.05, 3.63) is 23.8 Å². The van der Waals surface area contributed by atoms with Crippen molar-refractivity contribution in [3.8, 4) is 0 Å². The molecule has 15 heavy (non-hydrogen) atoms. The van der Waals surface area contributed by atoms with Gasteiger partial charge in [-0.1, -0.05) is 55.9 Å². The van der Waals surface area contributed by atoms with Gasteiger partial charge in [-0.2, -0.15) is 0 Å². The van der Waals surface area contributed by atoms with Crippen LogP contribution in [-0.4, -0.2) is 0 Å². The van der Waals surface area contributed by atoms with Crippen LogP contribution in [0.2, 0.25) is 0 Å². The van der Waals surface area contributed by atoms with Gasteiger partial charge in [-0.25, -0.2) is 0 Å². The molecular weight excluding hydrogens is 180 g/mol. The van der Waals surface area contributed by atoms with E-state index in [4.69, 9.17) is 0 Å². The van der Waals surface area contributed by atoms with E-state index in [-0.39, 0.29) is 0 Å². The summed E-state index contributed by atoms with van der Waals surface area (Å²) in [4.78, 5) is 0. The molecule has 0 aromatic carbocycles. The molecule has 0 radical (unpaired) electrons. The quantitative estimate of drug-likeness (QED) is 0.588. The maximum absolute atomic E-state index is 2.40. The number of hydrogen-bond acceptors (Lipinski definition) is 0. The molecule has 0 amide bonds. The first-order chi connectivity index (χ1) is 7.43. The smallest absolute Gasteiger partial charge is 0.0162 e. The van der Waals surface area contributed by atoms with Crippen molar-refractivity contribution in [1.82, 2.24) is 0 Å². The molecule has 0 heterocycles. The van der Waals surface area contributed by atoms with E-state index in [1.165, 1.54) is 51.4 Å². The highest BCUT2D eigenvalue weighted by Crippen LogP contribution is 2.46. The first-order valence-electron chi connectivity index (χ1n) is 6.79. The number of rotatable bonds is 1. The Kier molecular flexibility index (Phi) is 2.68. The van der Waals surface area contributed by atoms with E-state index < -0.39 is 0 Å².